The first kappa shape index (κ1) is 14.4. The van der Waals surface area contributed by atoms with Gasteiger partial charge < -0.3 is 9.47 Å². The Morgan fingerprint density at radius 3 is 1.25 bits per heavy atom. The van der Waals surface area contributed by atoms with Gasteiger partial charge in [-0.1, -0.05) is 39.5 Å². The van der Waals surface area contributed by atoms with Crippen LogP contribution in [0.1, 0.15) is 39.5 Å². The lowest BCUT2D eigenvalue weighted by Gasteiger charge is -1.91. The lowest BCUT2D eigenvalue weighted by Crippen LogP contribution is -1.96. The van der Waals surface area contributed by atoms with Crippen LogP contribution in [0.15, 0.2) is 0 Å². The topological polar surface area (TPSA) is 18.5 Å². The van der Waals surface area contributed by atoms with Gasteiger partial charge in [0.25, 0.3) is 0 Å². The average Bonchev–Trinajstić information content (AvgIpc) is 2.12. The van der Waals surface area contributed by atoms with E-state index < -0.39 is 0 Å². The fourth-order valence-corrected chi connectivity index (χ4v) is 0.667. The molecule has 0 radical (unpaired) electrons. The zero-order valence-corrected chi connectivity index (χ0v) is 9.06. The van der Waals surface area contributed by atoms with Crippen molar-refractivity contribution in [2.45, 2.75) is 39.5 Å². The van der Waals surface area contributed by atoms with Gasteiger partial charge in [0.05, 0.1) is 13.2 Å². The zero-order chi connectivity index (χ0) is 9.66. The van der Waals surface area contributed by atoms with Crippen LogP contribution in [0.4, 0.5) is 0 Å². The molecule has 0 rings (SSSR count). The third kappa shape index (κ3) is 22.5. The predicted molar refractivity (Wildman–Crippen MR) is 53.6 cm³/mol. The Hall–Kier alpha value is -0.0800. The number of hydrogen-bond donors (Lipinski definition) is 0. The molecule has 0 aliphatic heterocycles. The van der Waals surface area contributed by atoms with E-state index >= 15 is 0 Å². The van der Waals surface area contributed by atoms with Gasteiger partial charge in [-0.05, 0) is 0 Å². The number of hydrogen-bond acceptors (Lipinski definition) is 2. The highest BCUT2D eigenvalue weighted by molar-refractivity contribution is 4.31. The van der Waals surface area contributed by atoms with E-state index in [0.29, 0.717) is 13.2 Å². The van der Waals surface area contributed by atoms with Crippen LogP contribution in [0.2, 0.25) is 0 Å². The zero-order valence-electron chi connectivity index (χ0n) is 9.06. The van der Waals surface area contributed by atoms with E-state index in [-0.39, 0.29) is 0 Å². The van der Waals surface area contributed by atoms with Crippen molar-refractivity contribution in [3.63, 3.8) is 0 Å². The molecule has 0 bridgehead atoms. The molecule has 0 atom stereocenters. The maximum Gasteiger partial charge on any atom is 0.0696 e. The molecule has 12 heavy (non-hydrogen) atoms. The van der Waals surface area contributed by atoms with Crippen molar-refractivity contribution in [2.24, 2.45) is 0 Å². The number of rotatable bonds is 6. The van der Waals surface area contributed by atoms with Crippen molar-refractivity contribution in [3.05, 3.63) is 0 Å². The summed E-state index contributed by atoms with van der Waals surface area (Å²) in [4.78, 5) is 0. The molecule has 76 valence electrons. The molecule has 0 aliphatic carbocycles. The second-order valence-electron chi connectivity index (χ2n) is 2.69. The summed E-state index contributed by atoms with van der Waals surface area (Å²) in [6.45, 7) is 5.85. The van der Waals surface area contributed by atoms with Gasteiger partial charge in [-0.3, -0.25) is 0 Å². The first-order chi connectivity index (χ1) is 5.83. The van der Waals surface area contributed by atoms with E-state index in [4.69, 9.17) is 0 Å². The molecule has 0 amide bonds. The fraction of sp³-hybridized carbons (Fsp3) is 1.00. The molecule has 0 fully saturated rings. The van der Waals surface area contributed by atoms with Crippen LogP contribution in [0.25, 0.3) is 0 Å². The van der Waals surface area contributed by atoms with E-state index in [0.717, 1.165) is 0 Å². The maximum absolute atomic E-state index is 4.66. The normalized spacial score (nSPS) is 9.00. The molecule has 2 nitrogen and oxygen atoms in total. The molecule has 0 aromatic carbocycles. The summed E-state index contributed by atoms with van der Waals surface area (Å²) >= 11 is 0. The Morgan fingerprint density at radius 2 is 1.08 bits per heavy atom. The highest BCUT2D eigenvalue weighted by atomic mass is 16.5. The Kier molecular flexibility index (Phi) is 20.6. The highest BCUT2D eigenvalue weighted by Crippen LogP contribution is 1.95. The van der Waals surface area contributed by atoms with Crippen LogP contribution in [-0.2, 0) is 9.47 Å². The van der Waals surface area contributed by atoms with Crippen molar-refractivity contribution < 1.29 is 9.47 Å². The third-order valence-corrected chi connectivity index (χ3v) is 1.45. The number of methoxy groups -OCH3 is 2. The summed E-state index contributed by atoms with van der Waals surface area (Å²) in [5.41, 5.74) is 0. The maximum atomic E-state index is 4.66. The lowest BCUT2D eigenvalue weighted by atomic mass is 10.2. The van der Waals surface area contributed by atoms with E-state index in [1.165, 1.54) is 25.7 Å². The van der Waals surface area contributed by atoms with Gasteiger partial charge in [-0.15, -0.1) is 0 Å². The SMILES string of the molecule is CCCCCC.COCCOC. The van der Waals surface area contributed by atoms with Crippen molar-refractivity contribution in [1.82, 2.24) is 0 Å². The monoisotopic (exact) mass is 176 g/mol. The Labute approximate surface area is 77.3 Å². The Bertz CT molecular complexity index is 39.8. The molecule has 0 saturated heterocycles. The van der Waals surface area contributed by atoms with Gasteiger partial charge in [-0.25, -0.2) is 0 Å². The van der Waals surface area contributed by atoms with Crippen molar-refractivity contribution >= 4 is 0 Å². The molecule has 0 aliphatic rings. The van der Waals surface area contributed by atoms with E-state index in [2.05, 4.69) is 23.3 Å². The molecule has 0 aromatic rings. The second-order valence-corrected chi connectivity index (χ2v) is 2.69. The largest absolute Gasteiger partial charge is 0.382 e. The lowest BCUT2D eigenvalue weighted by molar-refractivity contribution is 0.103. The van der Waals surface area contributed by atoms with Gasteiger partial charge in [0.2, 0.25) is 0 Å². The van der Waals surface area contributed by atoms with Crippen molar-refractivity contribution in [1.29, 1.82) is 0 Å². The molecule has 0 aromatic heterocycles. The van der Waals surface area contributed by atoms with Gasteiger partial charge in [-0.2, -0.15) is 0 Å². The molecule has 2 heteroatoms. The van der Waals surface area contributed by atoms with Gasteiger partial charge in [0.1, 0.15) is 0 Å². The van der Waals surface area contributed by atoms with Crippen LogP contribution in [0.5, 0.6) is 0 Å². The molecule has 0 unspecified atom stereocenters. The first-order valence-corrected chi connectivity index (χ1v) is 4.81. The predicted octanol–water partition coefficient (Wildman–Crippen LogP) is 2.87. The second kappa shape index (κ2) is 17.1. The summed E-state index contributed by atoms with van der Waals surface area (Å²) in [5, 5.41) is 0. The third-order valence-electron chi connectivity index (χ3n) is 1.45. The summed E-state index contributed by atoms with van der Waals surface area (Å²) in [6.07, 6.45) is 5.54. The van der Waals surface area contributed by atoms with Crippen molar-refractivity contribution in [2.75, 3.05) is 27.4 Å². The van der Waals surface area contributed by atoms with Gasteiger partial charge in [0.15, 0.2) is 0 Å². The van der Waals surface area contributed by atoms with Crippen LogP contribution in [0.3, 0.4) is 0 Å². The van der Waals surface area contributed by atoms with E-state index in [9.17, 15) is 0 Å². The Balaban J connectivity index is 0. The standard InChI is InChI=1S/C6H14.C4H10O2/c1-3-5-6-4-2;1-5-3-4-6-2/h3-6H2,1-2H3;3-4H2,1-2H3. The molecule has 0 heterocycles. The summed E-state index contributed by atoms with van der Waals surface area (Å²) < 4.78 is 9.31. The van der Waals surface area contributed by atoms with Crippen LogP contribution in [0, 0.1) is 0 Å². The molecule has 0 saturated carbocycles. The average molecular weight is 176 g/mol. The molecule has 0 N–H and O–H groups in total. The Morgan fingerprint density at radius 1 is 0.750 bits per heavy atom. The van der Waals surface area contributed by atoms with Crippen LogP contribution < -0.4 is 0 Å². The minimum atomic E-state index is 0.691. The van der Waals surface area contributed by atoms with Gasteiger partial charge >= 0.3 is 0 Å². The summed E-state index contributed by atoms with van der Waals surface area (Å²) in [7, 11) is 3.30. The number of ether oxygens (including phenoxy) is 2. The minimum absolute atomic E-state index is 0.691. The van der Waals surface area contributed by atoms with Crippen molar-refractivity contribution in [3.8, 4) is 0 Å². The molecular formula is C10H24O2. The van der Waals surface area contributed by atoms with E-state index in [1.807, 2.05) is 0 Å². The quantitative estimate of drug-likeness (QED) is 0.579. The first-order valence-electron chi connectivity index (χ1n) is 4.81. The number of unbranched alkanes of at least 4 members (excludes halogenated alkanes) is 3. The van der Waals surface area contributed by atoms with Gasteiger partial charge in [0, 0.05) is 14.2 Å². The minimum Gasteiger partial charge on any atom is -0.382 e. The van der Waals surface area contributed by atoms with Crippen LogP contribution >= 0.6 is 0 Å². The summed E-state index contributed by atoms with van der Waals surface area (Å²) in [6, 6.07) is 0. The highest BCUT2D eigenvalue weighted by Gasteiger charge is 1.75. The fourth-order valence-electron chi connectivity index (χ4n) is 0.667. The summed E-state index contributed by atoms with van der Waals surface area (Å²) in [5.74, 6) is 0. The molecular weight excluding hydrogens is 152 g/mol. The van der Waals surface area contributed by atoms with E-state index in [1.54, 1.807) is 14.2 Å². The van der Waals surface area contributed by atoms with Crippen LogP contribution in [-0.4, -0.2) is 27.4 Å². The smallest absolute Gasteiger partial charge is 0.0696 e. The molecule has 0 spiro atoms.